The third-order valence-electron chi connectivity index (χ3n) is 2.41. The van der Waals surface area contributed by atoms with Crippen LogP contribution in [0.4, 0.5) is 0 Å². The Morgan fingerprint density at radius 2 is 1.94 bits per heavy atom. The average Bonchev–Trinajstić information content (AvgIpc) is 2.74. The maximum absolute atomic E-state index is 6.10. The van der Waals surface area contributed by atoms with Crippen molar-refractivity contribution in [2.75, 3.05) is 6.54 Å². The van der Waals surface area contributed by atoms with E-state index in [4.69, 9.17) is 11.6 Å². The van der Waals surface area contributed by atoms with Crippen molar-refractivity contribution in [3.05, 3.63) is 46.3 Å². The predicted molar refractivity (Wildman–Crippen MR) is 72.1 cm³/mol. The fourth-order valence-corrected chi connectivity index (χ4v) is 2.72. The second-order valence-electron chi connectivity index (χ2n) is 3.57. The van der Waals surface area contributed by atoms with Gasteiger partial charge in [0.15, 0.2) is 0 Å². The molecule has 0 aliphatic carbocycles. The van der Waals surface area contributed by atoms with Crippen molar-refractivity contribution in [1.82, 2.24) is 5.32 Å². The number of rotatable bonds is 4. The Bertz CT molecular complexity index is 447. The zero-order valence-corrected chi connectivity index (χ0v) is 10.7. The maximum Gasteiger partial charge on any atom is 0.0592 e. The van der Waals surface area contributed by atoms with Crippen LogP contribution in [0.5, 0.6) is 0 Å². The number of nitrogens with one attached hydrogen (secondary N) is 1. The highest BCUT2D eigenvalue weighted by molar-refractivity contribution is 7.14. The van der Waals surface area contributed by atoms with Gasteiger partial charge < -0.3 is 5.32 Å². The van der Waals surface area contributed by atoms with Crippen LogP contribution in [0.3, 0.4) is 0 Å². The van der Waals surface area contributed by atoms with Crippen LogP contribution < -0.4 is 5.32 Å². The van der Waals surface area contributed by atoms with Crippen LogP contribution in [0, 0.1) is 0 Å². The molecule has 0 amide bonds. The molecule has 1 heterocycles. The van der Waals surface area contributed by atoms with E-state index in [9.17, 15) is 0 Å². The summed E-state index contributed by atoms with van der Waals surface area (Å²) < 4.78 is 0. The van der Waals surface area contributed by atoms with Gasteiger partial charge in [-0.3, -0.25) is 0 Å². The van der Waals surface area contributed by atoms with E-state index >= 15 is 0 Å². The minimum absolute atomic E-state index is 0.837. The van der Waals surface area contributed by atoms with Crippen molar-refractivity contribution in [2.24, 2.45) is 0 Å². The standard InChI is InChI=1S/C13H14ClNS/c1-2-15-9-10-3-5-11(6-4-10)13-12(14)7-8-16-13/h3-8,15H,2,9H2,1H3. The van der Waals surface area contributed by atoms with Gasteiger partial charge in [0.25, 0.3) is 0 Å². The third kappa shape index (κ3) is 2.64. The van der Waals surface area contributed by atoms with Crippen molar-refractivity contribution in [3.8, 4) is 10.4 Å². The highest BCUT2D eigenvalue weighted by Crippen LogP contribution is 2.33. The predicted octanol–water partition coefficient (Wildman–Crippen LogP) is 4.18. The van der Waals surface area contributed by atoms with Crippen molar-refractivity contribution >= 4 is 22.9 Å². The van der Waals surface area contributed by atoms with Gasteiger partial charge in [-0.25, -0.2) is 0 Å². The Labute approximate surface area is 105 Å². The molecule has 0 aliphatic heterocycles. The van der Waals surface area contributed by atoms with Crippen molar-refractivity contribution in [2.45, 2.75) is 13.5 Å². The highest BCUT2D eigenvalue weighted by Gasteiger charge is 2.04. The number of hydrogen-bond donors (Lipinski definition) is 1. The lowest BCUT2D eigenvalue weighted by Crippen LogP contribution is -2.11. The van der Waals surface area contributed by atoms with Crippen LogP contribution in [0.15, 0.2) is 35.7 Å². The van der Waals surface area contributed by atoms with Crippen LogP contribution in [0.2, 0.25) is 5.02 Å². The minimum atomic E-state index is 0.837. The number of benzene rings is 1. The normalized spacial score (nSPS) is 10.6. The minimum Gasteiger partial charge on any atom is -0.313 e. The lowest BCUT2D eigenvalue weighted by molar-refractivity contribution is 0.727. The van der Waals surface area contributed by atoms with Gasteiger partial charge >= 0.3 is 0 Å². The molecule has 0 fully saturated rings. The number of halogens is 1. The summed E-state index contributed by atoms with van der Waals surface area (Å²) in [4.78, 5) is 1.15. The summed E-state index contributed by atoms with van der Waals surface area (Å²) in [6.07, 6.45) is 0. The van der Waals surface area contributed by atoms with Crippen molar-refractivity contribution < 1.29 is 0 Å². The summed E-state index contributed by atoms with van der Waals surface area (Å²) in [6.45, 7) is 4.03. The van der Waals surface area contributed by atoms with E-state index < -0.39 is 0 Å². The highest BCUT2D eigenvalue weighted by atomic mass is 35.5. The zero-order valence-electron chi connectivity index (χ0n) is 9.16. The van der Waals surface area contributed by atoms with Crippen LogP contribution >= 0.6 is 22.9 Å². The first-order valence-corrected chi connectivity index (χ1v) is 6.60. The number of thiophene rings is 1. The largest absolute Gasteiger partial charge is 0.313 e. The van der Waals surface area contributed by atoms with Gasteiger partial charge in [-0.15, -0.1) is 11.3 Å². The molecule has 2 aromatic rings. The Morgan fingerprint density at radius 3 is 2.50 bits per heavy atom. The first-order valence-electron chi connectivity index (χ1n) is 5.34. The monoisotopic (exact) mass is 251 g/mol. The van der Waals surface area contributed by atoms with E-state index in [1.165, 1.54) is 11.1 Å². The molecular formula is C13H14ClNS. The van der Waals surface area contributed by atoms with Crippen molar-refractivity contribution in [3.63, 3.8) is 0 Å². The fraction of sp³-hybridized carbons (Fsp3) is 0.231. The van der Waals surface area contributed by atoms with Gasteiger partial charge in [0.05, 0.1) is 9.90 Å². The fourth-order valence-electron chi connectivity index (χ4n) is 1.54. The van der Waals surface area contributed by atoms with Gasteiger partial charge in [-0.2, -0.15) is 0 Å². The molecule has 0 unspecified atom stereocenters. The van der Waals surface area contributed by atoms with Gasteiger partial charge in [0, 0.05) is 6.54 Å². The molecule has 2 rings (SSSR count). The third-order valence-corrected chi connectivity index (χ3v) is 3.80. The Hall–Kier alpha value is -0.830. The summed E-state index contributed by atoms with van der Waals surface area (Å²) in [5, 5.41) is 6.16. The Balaban J connectivity index is 2.16. The lowest BCUT2D eigenvalue weighted by Gasteiger charge is -2.03. The van der Waals surface area contributed by atoms with Gasteiger partial charge in [-0.05, 0) is 29.1 Å². The summed E-state index contributed by atoms with van der Waals surface area (Å²) in [6, 6.07) is 10.5. The molecule has 1 N–H and O–H groups in total. The molecule has 0 saturated heterocycles. The smallest absolute Gasteiger partial charge is 0.0592 e. The molecule has 0 atom stereocenters. The summed E-state index contributed by atoms with van der Waals surface area (Å²) >= 11 is 7.77. The van der Waals surface area contributed by atoms with Crippen LogP contribution in [0.1, 0.15) is 12.5 Å². The SMILES string of the molecule is CCNCc1ccc(-c2sccc2Cl)cc1. The molecule has 16 heavy (non-hydrogen) atoms. The van der Waals surface area contributed by atoms with Crippen molar-refractivity contribution in [1.29, 1.82) is 0 Å². The van der Waals surface area contributed by atoms with Crippen LogP contribution in [0.25, 0.3) is 10.4 Å². The summed E-state index contributed by atoms with van der Waals surface area (Å²) in [5.74, 6) is 0. The molecule has 0 radical (unpaired) electrons. The van der Waals surface area contributed by atoms with Gasteiger partial charge in [0.1, 0.15) is 0 Å². The quantitative estimate of drug-likeness (QED) is 0.860. The molecule has 1 nitrogen and oxygen atoms in total. The summed E-state index contributed by atoms with van der Waals surface area (Å²) in [7, 11) is 0. The van der Waals surface area contributed by atoms with E-state index in [-0.39, 0.29) is 0 Å². The van der Waals surface area contributed by atoms with Crippen LogP contribution in [-0.4, -0.2) is 6.54 Å². The molecule has 1 aromatic heterocycles. The molecule has 0 bridgehead atoms. The first kappa shape index (κ1) is 11.6. The van der Waals surface area contributed by atoms with Crippen LogP contribution in [-0.2, 0) is 6.54 Å². The molecule has 0 aliphatic rings. The zero-order chi connectivity index (χ0) is 11.4. The molecular weight excluding hydrogens is 238 g/mol. The molecule has 0 saturated carbocycles. The Morgan fingerprint density at radius 1 is 1.19 bits per heavy atom. The molecule has 1 aromatic carbocycles. The van der Waals surface area contributed by atoms with Gasteiger partial charge in [-0.1, -0.05) is 42.8 Å². The molecule has 0 spiro atoms. The molecule has 84 valence electrons. The second kappa shape index (κ2) is 5.48. The molecule has 3 heteroatoms. The van der Waals surface area contributed by atoms with E-state index in [1.807, 2.05) is 11.4 Å². The summed E-state index contributed by atoms with van der Waals surface area (Å²) in [5.41, 5.74) is 2.50. The second-order valence-corrected chi connectivity index (χ2v) is 4.90. The topological polar surface area (TPSA) is 12.0 Å². The van der Waals surface area contributed by atoms with E-state index in [0.717, 1.165) is 23.0 Å². The first-order chi connectivity index (χ1) is 7.81. The lowest BCUT2D eigenvalue weighted by atomic mass is 10.1. The van der Waals surface area contributed by atoms with Gasteiger partial charge in [0.2, 0.25) is 0 Å². The van der Waals surface area contributed by atoms with E-state index in [1.54, 1.807) is 11.3 Å². The van der Waals surface area contributed by atoms with E-state index in [0.29, 0.717) is 0 Å². The maximum atomic E-state index is 6.10. The van der Waals surface area contributed by atoms with E-state index in [2.05, 4.69) is 36.5 Å². The number of hydrogen-bond acceptors (Lipinski definition) is 2. The average molecular weight is 252 g/mol. The Kier molecular flexibility index (Phi) is 3.99.